The Hall–Kier alpha value is -3.39. The fourth-order valence-electron chi connectivity index (χ4n) is 3.51. The van der Waals surface area contributed by atoms with E-state index in [1.807, 2.05) is 39.0 Å². The van der Waals surface area contributed by atoms with Crippen molar-refractivity contribution < 1.29 is 8.94 Å². The van der Waals surface area contributed by atoms with Gasteiger partial charge in [-0.1, -0.05) is 22.8 Å². The van der Waals surface area contributed by atoms with Gasteiger partial charge in [0.2, 0.25) is 5.82 Å². The lowest BCUT2D eigenvalue weighted by Gasteiger charge is -2.16. The minimum Gasteiger partial charge on any atom is -0.458 e. The molecule has 0 saturated heterocycles. The molecule has 0 amide bonds. The highest BCUT2D eigenvalue weighted by molar-refractivity contribution is 6.35. The average Bonchev–Trinajstić information content (AvgIpc) is 3.40. The number of imidazole rings is 1. The van der Waals surface area contributed by atoms with Crippen molar-refractivity contribution in [1.82, 2.24) is 24.1 Å². The smallest absolute Gasteiger partial charge is 0.279 e. The van der Waals surface area contributed by atoms with Gasteiger partial charge in [0.15, 0.2) is 11.5 Å². The van der Waals surface area contributed by atoms with Crippen molar-refractivity contribution in [2.24, 2.45) is 0 Å². The summed E-state index contributed by atoms with van der Waals surface area (Å²) in [5.74, 6) is 1.66. The monoisotopic (exact) mass is 409 g/mol. The molecule has 0 bridgehead atoms. The maximum Gasteiger partial charge on any atom is 0.279 e. The number of rotatable bonds is 3. The van der Waals surface area contributed by atoms with Crippen molar-refractivity contribution in [3.05, 3.63) is 57.8 Å². The Morgan fingerprint density at radius 2 is 1.97 bits per heavy atom. The van der Waals surface area contributed by atoms with Gasteiger partial charge in [0.25, 0.3) is 11.4 Å². The summed E-state index contributed by atoms with van der Waals surface area (Å²) in [6.07, 6.45) is 1.57. The predicted octanol–water partition coefficient (Wildman–Crippen LogP) is 4.50. The van der Waals surface area contributed by atoms with Crippen LogP contribution >= 0.6 is 11.6 Å². The Balaban J connectivity index is 1.80. The highest BCUT2D eigenvalue weighted by Crippen LogP contribution is 2.29. The zero-order chi connectivity index (χ0) is 20.3. The topological polar surface area (TPSA) is 91.4 Å². The summed E-state index contributed by atoms with van der Waals surface area (Å²) in [5, 5.41) is 4.47. The van der Waals surface area contributed by atoms with Gasteiger partial charge in [-0.25, -0.2) is 4.98 Å². The van der Waals surface area contributed by atoms with Crippen LogP contribution in [0, 0.1) is 6.92 Å². The molecular weight excluding hydrogens is 394 g/mol. The summed E-state index contributed by atoms with van der Waals surface area (Å²) >= 11 is 6.43. The van der Waals surface area contributed by atoms with Crippen LogP contribution in [0.3, 0.4) is 0 Å². The zero-order valence-corrected chi connectivity index (χ0v) is 16.6. The first-order chi connectivity index (χ1) is 14.0. The molecule has 0 fully saturated rings. The normalized spacial score (nSPS) is 11.9. The van der Waals surface area contributed by atoms with Gasteiger partial charge in [0, 0.05) is 6.04 Å². The van der Waals surface area contributed by atoms with E-state index in [-0.39, 0.29) is 17.5 Å². The number of aromatic nitrogens is 5. The highest BCUT2D eigenvalue weighted by atomic mass is 35.5. The van der Waals surface area contributed by atoms with Crippen molar-refractivity contribution >= 4 is 28.2 Å². The number of aryl methyl sites for hydroxylation is 1. The minimum atomic E-state index is -0.235. The number of furan rings is 1. The molecule has 0 atom stereocenters. The standard InChI is InChI=1S/C20H16ClN5O3/c1-10(2)26-16-12(21)5-4-6-13(16)25-9-22-15(17(25)20(26)27)19-23-18(24-29-19)14-8-7-11(3)28-14/h4-10H,1-3H3. The van der Waals surface area contributed by atoms with Crippen molar-refractivity contribution in [3.8, 4) is 23.2 Å². The zero-order valence-electron chi connectivity index (χ0n) is 15.9. The lowest BCUT2D eigenvalue weighted by Crippen LogP contribution is -2.25. The van der Waals surface area contributed by atoms with Gasteiger partial charge in [-0.2, -0.15) is 4.98 Å². The maximum atomic E-state index is 13.4. The van der Waals surface area contributed by atoms with Crippen LogP contribution in [-0.2, 0) is 0 Å². The van der Waals surface area contributed by atoms with Crippen LogP contribution < -0.4 is 5.56 Å². The molecule has 29 heavy (non-hydrogen) atoms. The van der Waals surface area contributed by atoms with Gasteiger partial charge < -0.3 is 13.5 Å². The molecule has 0 aliphatic carbocycles. The Morgan fingerprint density at radius 1 is 1.14 bits per heavy atom. The van der Waals surface area contributed by atoms with Crippen molar-refractivity contribution in [2.75, 3.05) is 0 Å². The Labute approximate surface area is 169 Å². The number of fused-ring (bicyclic) bond motifs is 3. The van der Waals surface area contributed by atoms with E-state index >= 15 is 0 Å². The molecule has 0 aliphatic heterocycles. The average molecular weight is 410 g/mol. The van der Waals surface area contributed by atoms with Gasteiger partial charge in [-0.15, -0.1) is 0 Å². The summed E-state index contributed by atoms with van der Waals surface area (Å²) < 4.78 is 14.3. The van der Waals surface area contributed by atoms with Crippen LogP contribution in [0.4, 0.5) is 0 Å². The largest absolute Gasteiger partial charge is 0.458 e. The summed E-state index contributed by atoms with van der Waals surface area (Å²) in [7, 11) is 0. The van der Waals surface area contributed by atoms with Crippen LogP contribution in [-0.4, -0.2) is 24.1 Å². The molecule has 146 valence electrons. The van der Waals surface area contributed by atoms with Crippen LogP contribution in [0.2, 0.25) is 5.02 Å². The molecule has 5 aromatic rings. The second-order valence-corrected chi connectivity index (χ2v) is 7.43. The van der Waals surface area contributed by atoms with Gasteiger partial charge in [0.05, 0.1) is 16.1 Å². The Morgan fingerprint density at radius 3 is 2.69 bits per heavy atom. The van der Waals surface area contributed by atoms with E-state index in [9.17, 15) is 4.79 Å². The minimum absolute atomic E-state index is 0.109. The van der Waals surface area contributed by atoms with Crippen LogP contribution in [0.25, 0.3) is 39.7 Å². The van der Waals surface area contributed by atoms with Crippen LogP contribution in [0.1, 0.15) is 25.6 Å². The number of hydrogen-bond donors (Lipinski definition) is 0. The third-order valence-corrected chi connectivity index (χ3v) is 5.07. The predicted molar refractivity (Wildman–Crippen MR) is 108 cm³/mol. The molecule has 0 spiro atoms. The summed E-state index contributed by atoms with van der Waals surface area (Å²) in [4.78, 5) is 22.2. The van der Waals surface area contributed by atoms with E-state index in [1.165, 1.54) is 0 Å². The SMILES string of the molecule is Cc1ccc(-c2noc(-c3ncn4c3c(=O)n(C(C)C)c3c(Cl)cccc34)n2)o1. The van der Waals surface area contributed by atoms with Gasteiger partial charge in [0.1, 0.15) is 17.6 Å². The molecule has 5 rings (SSSR count). The summed E-state index contributed by atoms with van der Waals surface area (Å²) in [6, 6.07) is 8.96. The van der Waals surface area contributed by atoms with Gasteiger partial charge >= 0.3 is 0 Å². The summed E-state index contributed by atoms with van der Waals surface area (Å²) in [6.45, 7) is 5.69. The first kappa shape index (κ1) is 17.7. The summed E-state index contributed by atoms with van der Waals surface area (Å²) in [5.41, 5.74) is 1.85. The molecule has 4 heterocycles. The third kappa shape index (κ3) is 2.60. The second-order valence-electron chi connectivity index (χ2n) is 7.02. The van der Waals surface area contributed by atoms with E-state index in [0.717, 1.165) is 11.3 Å². The second kappa shape index (κ2) is 6.31. The molecule has 0 saturated carbocycles. The molecule has 0 radical (unpaired) electrons. The van der Waals surface area contributed by atoms with Crippen LogP contribution in [0.5, 0.6) is 0 Å². The first-order valence-electron chi connectivity index (χ1n) is 9.06. The van der Waals surface area contributed by atoms with Gasteiger partial charge in [-0.05, 0) is 45.0 Å². The molecule has 0 aliphatic rings. The quantitative estimate of drug-likeness (QED) is 0.435. The van der Waals surface area contributed by atoms with Crippen LogP contribution in [0.15, 0.2) is 50.4 Å². The molecule has 4 aromatic heterocycles. The van der Waals surface area contributed by atoms with E-state index in [0.29, 0.717) is 33.3 Å². The third-order valence-electron chi connectivity index (χ3n) is 4.76. The Kier molecular flexibility index (Phi) is 3.85. The fourth-order valence-corrected chi connectivity index (χ4v) is 3.77. The number of nitrogens with zero attached hydrogens (tertiary/aromatic N) is 5. The van der Waals surface area contributed by atoms with E-state index in [1.54, 1.807) is 27.4 Å². The molecule has 1 aromatic carbocycles. The molecule has 9 heteroatoms. The lowest BCUT2D eigenvalue weighted by molar-refractivity contribution is 0.428. The van der Waals surface area contributed by atoms with Gasteiger partial charge in [-0.3, -0.25) is 9.20 Å². The van der Waals surface area contributed by atoms with Crippen molar-refractivity contribution in [2.45, 2.75) is 26.8 Å². The molecule has 8 nitrogen and oxygen atoms in total. The number of halogens is 1. The maximum absolute atomic E-state index is 13.4. The lowest BCUT2D eigenvalue weighted by atomic mass is 10.2. The number of para-hydroxylation sites is 1. The number of hydrogen-bond acceptors (Lipinski definition) is 6. The van der Waals surface area contributed by atoms with E-state index in [4.69, 9.17) is 20.5 Å². The molecular formula is C20H16ClN5O3. The fraction of sp³-hybridized carbons (Fsp3) is 0.200. The Bertz CT molecular complexity index is 1440. The number of benzene rings is 1. The highest BCUT2D eigenvalue weighted by Gasteiger charge is 2.23. The van der Waals surface area contributed by atoms with Crippen molar-refractivity contribution in [3.63, 3.8) is 0 Å². The molecule has 0 unspecified atom stereocenters. The van der Waals surface area contributed by atoms with E-state index < -0.39 is 0 Å². The van der Waals surface area contributed by atoms with E-state index in [2.05, 4.69) is 15.1 Å². The molecule has 0 N–H and O–H groups in total. The van der Waals surface area contributed by atoms with Crippen molar-refractivity contribution in [1.29, 1.82) is 0 Å². The first-order valence-corrected chi connectivity index (χ1v) is 9.44.